The van der Waals surface area contributed by atoms with Crippen LogP contribution in [0.15, 0.2) is 71.9 Å². The van der Waals surface area contributed by atoms with Gasteiger partial charge in [-0.15, -0.1) is 0 Å². The van der Waals surface area contributed by atoms with Gasteiger partial charge in [0.05, 0.1) is 60.0 Å². The van der Waals surface area contributed by atoms with E-state index < -0.39 is 6.17 Å². The molecule has 1 amide bonds. The Morgan fingerprint density at radius 3 is 1.96 bits per heavy atom. The molecule has 0 aromatic heterocycles. The number of hydrogen-bond donors (Lipinski definition) is 2. The Kier molecular flexibility index (Phi) is 13.3. The van der Waals surface area contributed by atoms with E-state index in [1.54, 1.807) is 47.7 Å². The highest BCUT2D eigenvalue weighted by Gasteiger charge is 2.28. The van der Waals surface area contributed by atoms with Crippen molar-refractivity contribution in [3.8, 4) is 40.2 Å². The van der Waals surface area contributed by atoms with Gasteiger partial charge in [-0.25, -0.2) is 0 Å². The average Bonchev–Trinajstić information content (AvgIpc) is 3.71. The molecule has 2 aliphatic heterocycles. The van der Waals surface area contributed by atoms with E-state index in [2.05, 4.69) is 15.8 Å². The lowest BCUT2D eigenvalue weighted by atomic mass is 9.99. The highest BCUT2D eigenvalue weighted by atomic mass is 35.5. The lowest BCUT2D eigenvalue weighted by Crippen LogP contribution is -2.38. The van der Waals surface area contributed by atoms with Crippen LogP contribution in [-0.2, 0) is 4.84 Å². The number of unbranched alkanes of at least 4 members (excludes halogenated alkanes) is 5. The maximum absolute atomic E-state index is 12.7. The summed E-state index contributed by atoms with van der Waals surface area (Å²) in [5, 5.41) is 11.2. The molecule has 13 heteroatoms. The molecule has 0 fully saturated rings. The number of halogens is 1. The van der Waals surface area contributed by atoms with Gasteiger partial charge in [-0.3, -0.25) is 4.79 Å². The van der Waals surface area contributed by atoms with Crippen molar-refractivity contribution in [1.29, 1.82) is 0 Å². The summed E-state index contributed by atoms with van der Waals surface area (Å²) in [5.74, 6) is 4.10. The molecule has 55 heavy (non-hydrogen) atoms. The van der Waals surface area contributed by atoms with E-state index in [0.717, 1.165) is 66.6 Å². The van der Waals surface area contributed by atoms with Gasteiger partial charge in [-0.05, 0) is 79.1 Å². The summed E-state index contributed by atoms with van der Waals surface area (Å²) >= 11 is 6.07. The molecule has 6 rings (SSSR count). The normalized spacial score (nSPS) is 15.8. The van der Waals surface area contributed by atoms with Crippen LogP contribution >= 0.6 is 11.6 Å². The Morgan fingerprint density at radius 2 is 1.29 bits per heavy atom. The first-order valence-corrected chi connectivity index (χ1v) is 18.7. The number of methoxy groups -OCH3 is 5. The molecule has 2 N–H and O–H groups in total. The molecule has 0 saturated carbocycles. The maximum atomic E-state index is 12.7. The molecule has 2 aliphatic rings. The van der Waals surface area contributed by atoms with Crippen LogP contribution in [0.1, 0.15) is 84.3 Å². The van der Waals surface area contributed by atoms with Gasteiger partial charge in [0.1, 0.15) is 6.17 Å². The molecule has 292 valence electrons. The fourth-order valence-corrected chi connectivity index (χ4v) is 6.81. The number of amides is 1. The predicted molar refractivity (Wildman–Crippen MR) is 211 cm³/mol. The number of nitrogens with one attached hydrogen (secondary N) is 2. The van der Waals surface area contributed by atoms with E-state index in [-0.39, 0.29) is 12.0 Å². The summed E-state index contributed by atoms with van der Waals surface area (Å²) < 4.78 is 39.9. The number of rotatable bonds is 19. The number of carbonyl (C=O) groups is 1. The Balaban J connectivity index is 0.902. The number of ether oxygens (including phenoxy) is 7. The zero-order valence-electron chi connectivity index (χ0n) is 31.9. The van der Waals surface area contributed by atoms with Crippen LogP contribution in [0.3, 0.4) is 0 Å². The first-order valence-electron chi connectivity index (χ1n) is 18.4. The van der Waals surface area contributed by atoms with E-state index in [0.29, 0.717) is 70.5 Å². The highest BCUT2D eigenvalue weighted by molar-refractivity contribution is 6.31. The van der Waals surface area contributed by atoms with E-state index in [4.69, 9.17) is 49.6 Å². The third kappa shape index (κ3) is 9.43. The first kappa shape index (κ1) is 39.2. The smallest absolute Gasteiger partial charge is 0.255 e. The van der Waals surface area contributed by atoms with Crippen molar-refractivity contribution in [3.05, 3.63) is 94.0 Å². The third-order valence-electron chi connectivity index (χ3n) is 9.60. The highest BCUT2D eigenvalue weighted by Crippen LogP contribution is 2.43. The van der Waals surface area contributed by atoms with Crippen LogP contribution in [0, 0.1) is 0 Å². The fraction of sp³-hybridized carbons (Fsp3) is 0.381. The lowest BCUT2D eigenvalue weighted by molar-refractivity contribution is 0.0853. The predicted octanol–water partition coefficient (Wildman–Crippen LogP) is 8.90. The Morgan fingerprint density at radius 1 is 0.655 bits per heavy atom. The van der Waals surface area contributed by atoms with Gasteiger partial charge in [0.15, 0.2) is 40.6 Å². The number of benzene rings is 4. The summed E-state index contributed by atoms with van der Waals surface area (Å²) in [7, 11) is 8.01. The second-order valence-corrected chi connectivity index (χ2v) is 13.6. The molecule has 2 atom stereocenters. The van der Waals surface area contributed by atoms with Crippen molar-refractivity contribution in [2.24, 2.45) is 5.16 Å². The van der Waals surface area contributed by atoms with Crippen molar-refractivity contribution in [2.45, 2.75) is 57.2 Å². The molecule has 0 spiro atoms. The van der Waals surface area contributed by atoms with E-state index in [1.807, 2.05) is 54.6 Å². The molecule has 2 heterocycles. The molecule has 12 nitrogen and oxygen atoms in total. The number of anilines is 1. The number of carbonyl (C=O) groups excluding carboxylic acids is 1. The second-order valence-electron chi connectivity index (χ2n) is 13.1. The fourth-order valence-electron chi connectivity index (χ4n) is 6.64. The van der Waals surface area contributed by atoms with Crippen molar-refractivity contribution in [1.82, 2.24) is 5.32 Å². The Bertz CT molecular complexity index is 1960. The molecule has 4 aromatic carbocycles. The molecule has 4 aromatic rings. The van der Waals surface area contributed by atoms with Gasteiger partial charge in [0.25, 0.3) is 5.91 Å². The molecule has 0 saturated heterocycles. The zero-order chi connectivity index (χ0) is 38.7. The third-order valence-corrected chi connectivity index (χ3v) is 9.84. The van der Waals surface area contributed by atoms with Gasteiger partial charge in [0.2, 0.25) is 5.75 Å². The summed E-state index contributed by atoms with van der Waals surface area (Å²) in [6.45, 7) is 1.16. The van der Waals surface area contributed by atoms with E-state index in [1.165, 1.54) is 0 Å². The largest absolute Gasteiger partial charge is 0.493 e. The van der Waals surface area contributed by atoms with Crippen molar-refractivity contribution < 1.29 is 42.8 Å². The second kappa shape index (κ2) is 18.7. The topological polar surface area (TPSA) is 127 Å². The van der Waals surface area contributed by atoms with Gasteiger partial charge in [-0.2, -0.15) is 0 Å². The summed E-state index contributed by atoms with van der Waals surface area (Å²) in [4.78, 5) is 18.5. The van der Waals surface area contributed by atoms with Crippen LogP contribution < -0.4 is 43.8 Å². The summed E-state index contributed by atoms with van der Waals surface area (Å²) in [5.41, 5.74) is 4.70. The van der Waals surface area contributed by atoms with Gasteiger partial charge in [-0.1, -0.05) is 48.5 Å². The maximum Gasteiger partial charge on any atom is 0.255 e. The molecule has 0 bridgehead atoms. The quantitative estimate of drug-likeness (QED) is 0.0892. The van der Waals surface area contributed by atoms with Crippen LogP contribution in [0.5, 0.6) is 40.2 Å². The van der Waals surface area contributed by atoms with Crippen LogP contribution in [0.2, 0.25) is 5.02 Å². The average molecular weight is 774 g/mol. The van der Waals surface area contributed by atoms with Gasteiger partial charge in [0, 0.05) is 28.3 Å². The van der Waals surface area contributed by atoms with Gasteiger partial charge >= 0.3 is 0 Å². The Hall–Kier alpha value is -5.49. The van der Waals surface area contributed by atoms with Crippen molar-refractivity contribution in [3.63, 3.8) is 0 Å². The van der Waals surface area contributed by atoms with Gasteiger partial charge < -0.3 is 48.6 Å². The minimum atomic E-state index is -0.403. The zero-order valence-corrected chi connectivity index (χ0v) is 32.6. The van der Waals surface area contributed by atoms with Crippen LogP contribution in [0.4, 0.5) is 5.69 Å². The van der Waals surface area contributed by atoms with E-state index in [9.17, 15) is 4.79 Å². The molecule has 0 aliphatic carbocycles. The van der Waals surface area contributed by atoms with Crippen LogP contribution in [0.25, 0.3) is 0 Å². The van der Waals surface area contributed by atoms with Crippen molar-refractivity contribution >= 4 is 28.9 Å². The number of fused-ring (bicyclic) bond motifs is 1. The number of hydrogen-bond acceptors (Lipinski definition) is 11. The summed E-state index contributed by atoms with van der Waals surface area (Å²) in [6, 6.07) is 20.5. The first-order chi connectivity index (χ1) is 26.8. The van der Waals surface area contributed by atoms with Crippen LogP contribution in [-0.4, -0.2) is 60.4 Å². The van der Waals surface area contributed by atoms with E-state index >= 15 is 0 Å². The number of oxime groups is 1. The monoisotopic (exact) mass is 773 g/mol. The molecule has 0 radical (unpaired) electrons. The minimum absolute atomic E-state index is 0.186. The Labute approximate surface area is 326 Å². The molecular weight excluding hydrogens is 726 g/mol. The minimum Gasteiger partial charge on any atom is -0.493 e. The molecule has 2 unspecified atom stereocenters. The SMILES string of the molecule is COc1cc(C2NC(=O)c3cc(Cl)ccc3N2)ccc1OCCCCCCCCOc1cc(C2=NOC(c3cc(OC)c(OC)c(OC)c3)C2)ccc1OC. The standard InChI is InChI=1S/C42H48ClN3O9/c1-48-33-16-12-26(32-25-35(55-46-32)28-22-38(50-3)40(52-5)39(23-28)51-4)20-37(33)54-19-11-9-7-6-8-10-18-53-34-17-13-27(21-36(34)49-2)41-44-31-15-14-29(43)24-30(31)42(47)45-41/h12-17,20-24,35,41,44H,6-11,18-19,25H2,1-5H3,(H,45,47). The summed E-state index contributed by atoms with van der Waals surface area (Å²) in [6.07, 6.45) is 6.04. The molecular formula is C42H48ClN3O9. The lowest BCUT2D eigenvalue weighted by Gasteiger charge is -2.28. The number of nitrogens with zero attached hydrogens (tertiary/aromatic N) is 1. The van der Waals surface area contributed by atoms with Crippen molar-refractivity contribution in [2.75, 3.05) is 54.1 Å².